The molecule has 0 amide bonds. The van der Waals surface area contributed by atoms with Gasteiger partial charge in [0, 0.05) is 6.42 Å². The van der Waals surface area contributed by atoms with Gasteiger partial charge in [0.15, 0.2) is 0 Å². The predicted octanol–water partition coefficient (Wildman–Crippen LogP) is 2.88. The number of allylic oxidation sites excluding steroid dienone is 1. The molecule has 0 bridgehead atoms. The van der Waals surface area contributed by atoms with Crippen LogP contribution < -0.4 is 4.74 Å². The maximum absolute atomic E-state index is 10.3. The van der Waals surface area contributed by atoms with E-state index in [9.17, 15) is 4.79 Å². The highest BCUT2D eigenvalue weighted by Gasteiger charge is 1.97. The Morgan fingerprint density at radius 1 is 1.50 bits per heavy atom. The van der Waals surface area contributed by atoms with E-state index in [0.717, 1.165) is 16.9 Å². The first-order chi connectivity index (χ1) is 7.63. The Morgan fingerprint density at radius 3 is 2.81 bits per heavy atom. The van der Waals surface area contributed by atoms with E-state index in [1.54, 1.807) is 7.11 Å². The average molecular weight is 220 g/mol. The van der Waals surface area contributed by atoms with Crippen LogP contribution in [0.3, 0.4) is 0 Å². The SMILES string of the molecule is COc1ccc(C=CCCC(=O)O)cc1C. The van der Waals surface area contributed by atoms with Crippen LogP contribution in [-0.4, -0.2) is 18.2 Å². The minimum atomic E-state index is -0.768. The first-order valence-corrected chi connectivity index (χ1v) is 5.16. The number of methoxy groups -OCH3 is 1. The van der Waals surface area contributed by atoms with Crippen LogP contribution >= 0.6 is 0 Å². The molecular formula is C13H16O3. The van der Waals surface area contributed by atoms with Crippen LogP contribution in [0.2, 0.25) is 0 Å². The van der Waals surface area contributed by atoms with E-state index in [1.165, 1.54) is 0 Å². The lowest BCUT2D eigenvalue weighted by molar-refractivity contribution is -0.136. The predicted molar refractivity (Wildman–Crippen MR) is 63.6 cm³/mol. The highest BCUT2D eigenvalue weighted by molar-refractivity contribution is 5.67. The van der Waals surface area contributed by atoms with Crippen molar-refractivity contribution in [1.82, 2.24) is 0 Å². The highest BCUT2D eigenvalue weighted by Crippen LogP contribution is 2.19. The van der Waals surface area contributed by atoms with Crippen molar-refractivity contribution in [3.8, 4) is 5.75 Å². The van der Waals surface area contributed by atoms with Gasteiger partial charge in [-0.05, 0) is 36.6 Å². The number of carbonyl (C=O) groups is 1. The standard InChI is InChI=1S/C13H16O3/c1-10-9-11(7-8-12(10)16-2)5-3-4-6-13(14)15/h3,5,7-9H,4,6H2,1-2H3,(H,14,15). The zero-order valence-corrected chi connectivity index (χ0v) is 9.56. The van der Waals surface area contributed by atoms with Crippen molar-refractivity contribution in [2.45, 2.75) is 19.8 Å². The van der Waals surface area contributed by atoms with E-state index in [0.29, 0.717) is 6.42 Å². The number of rotatable bonds is 5. The van der Waals surface area contributed by atoms with Crippen molar-refractivity contribution in [3.63, 3.8) is 0 Å². The maximum atomic E-state index is 10.3. The second-order valence-corrected chi connectivity index (χ2v) is 3.56. The highest BCUT2D eigenvalue weighted by atomic mass is 16.5. The van der Waals surface area contributed by atoms with Crippen LogP contribution in [-0.2, 0) is 4.79 Å². The Labute approximate surface area is 95.4 Å². The third-order valence-corrected chi connectivity index (χ3v) is 2.25. The second kappa shape index (κ2) is 5.95. The molecule has 3 nitrogen and oxygen atoms in total. The van der Waals surface area contributed by atoms with Gasteiger partial charge in [-0.3, -0.25) is 4.79 Å². The molecule has 0 aliphatic carbocycles. The van der Waals surface area contributed by atoms with Crippen molar-refractivity contribution >= 4 is 12.0 Å². The third kappa shape index (κ3) is 3.77. The summed E-state index contributed by atoms with van der Waals surface area (Å²) in [5.41, 5.74) is 2.13. The smallest absolute Gasteiger partial charge is 0.303 e. The number of benzene rings is 1. The number of hydrogen-bond acceptors (Lipinski definition) is 2. The Hall–Kier alpha value is -1.77. The van der Waals surface area contributed by atoms with E-state index in [2.05, 4.69) is 0 Å². The summed E-state index contributed by atoms with van der Waals surface area (Å²) in [4.78, 5) is 10.3. The van der Waals surface area contributed by atoms with E-state index in [-0.39, 0.29) is 6.42 Å². The third-order valence-electron chi connectivity index (χ3n) is 2.25. The molecule has 0 aromatic heterocycles. The Balaban J connectivity index is 2.61. The van der Waals surface area contributed by atoms with Gasteiger partial charge in [0.05, 0.1) is 7.11 Å². The molecule has 0 unspecified atom stereocenters. The lowest BCUT2D eigenvalue weighted by Gasteiger charge is -2.04. The van der Waals surface area contributed by atoms with Crippen LogP contribution in [0, 0.1) is 6.92 Å². The van der Waals surface area contributed by atoms with Crippen molar-refractivity contribution in [2.75, 3.05) is 7.11 Å². The van der Waals surface area contributed by atoms with Gasteiger partial charge >= 0.3 is 5.97 Å². The van der Waals surface area contributed by atoms with Crippen molar-refractivity contribution in [3.05, 3.63) is 35.4 Å². The molecule has 0 fully saturated rings. The number of hydrogen-bond donors (Lipinski definition) is 1. The molecule has 0 spiro atoms. The van der Waals surface area contributed by atoms with Crippen LogP contribution in [0.5, 0.6) is 5.75 Å². The zero-order chi connectivity index (χ0) is 12.0. The zero-order valence-electron chi connectivity index (χ0n) is 9.56. The van der Waals surface area contributed by atoms with Crippen LogP contribution in [0.15, 0.2) is 24.3 Å². The molecule has 0 radical (unpaired) electrons. The molecule has 0 heterocycles. The summed E-state index contributed by atoms with van der Waals surface area (Å²) in [7, 11) is 1.64. The molecule has 0 atom stereocenters. The van der Waals surface area contributed by atoms with Crippen LogP contribution in [0.1, 0.15) is 24.0 Å². The van der Waals surface area contributed by atoms with E-state index >= 15 is 0 Å². The summed E-state index contributed by atoms with van der Waals surface area (Å²) in [5, 5.41) is 8.47. The minimum Gasteiger partial charge on any atom is -0.496 e. The molecule has 86 valence electrons. The molecule has 0 saturated heterocycles. The largest absolute Gasteiger partial charge is 0.496 e. The molecule has 1 N–H and O–H groups in total. The number of aryl methyl sites for hydroxylation is 1. The fourth-order valence-corrected chi connectivity index (χ4v) is 1.43. The molecule has 3 heteroatoms. The van der Waals surface area contributed by atoms with Gasteiger partial charge in [-0.2, -0.15) is 0 Å². The summed E-state index contributed by atoms with van der Waals surface area (Å²) in [6.07, 6.45) is 4.52. The topological polar surface area (TPSA) is 46.5 Å². The summed E-state index contributed by atoms with van der Waals surface area (Å²) < 4.78 is 5.16. The lowest BCUT2D eigenvalue weighted by atomic mass is 10.1. The number of aliphatic carboxylic acids is 1. The number of carboxylic acids is 1. The van der Waals surface area contributed by atoms with E-state index in [1.807, 2.05) is 37.3 Å². The Bertz CT molecular complexity index is 394. The van der Waals surface area contributed by atoms with E-state index < -0.39 is 5.97 Å². The molecule has 1 aromatic rings. The summed E-state index contributed by atoms with van der Waals surface area (Å²) in [6.45, 7) is 1.98. The molecule has 1 aromatic carbocycles. The molecule has 0 aliphatic rings. The van der Waals surface area contributed by atoms with Gasteiger partial charge in [-0.25, -0.2) is 0 Å². The number of carboxylic acid groups (broad SMARTS) is 1. The first-order valence-electron chi connectivity index (χ1n) is 5.16. The summed E-state index contributed by atoms with van der Waals surface area (Å²) in [6, 6.07) is 5.87. The van der Waals surface area contributed by atoms with Gasteiger partial charge < -0.3 is 9.84 Å². The minimum absolute atomic E-state index is 0.172. The average Bonchev–Trinajstić information content (AvgIpc) is 2.24. The second-order valence-electron chi connectivity index (χ2n) is 3.56. The fourth-order valence-electron chi connectivity index (χ4n) is 1.43. The fraction of sp³-hybridized carbons (Fsp3) is 0.308. The normalized spacial score (nSPS) is 10.6. The molecular weight excluding hydrogens is 204 g/mol. The lowest BCUT2D eigenvalue weighted by Crippen LogP contribution is -1.91. The van der Waals surface area contributed by atoms with Gasteiger partial charge in [0.25, 0.3) is 0 Å². The molecule has 16 heavy (non-hydrogen) atoms. The van der Waals surface area contributed by atoms with Crippen molar-refractivity contribution in [2.24, 2.45) is 0 Å². The van der Waals surface area contributed by atoms with Crippen molar-refractivity contribution in [1.29, 1.82) is 0 Å². The molecule has 1 rings (SSSR count). The van der Waals surface area contributed by atoms with Crippen LogP contribution in [0.25, 0.3) is 6.08 Å². The Kier molecular flexibility index (Phi) is 4.58. The molecule has 0 aliphatic heterocycles. The summed E-state index contributed by atoms with van der Waals surface area (Å²) in [5.74, 6) is 0.0956. The van der Waals surface area contributed by atoms with Gasteiger partial charge in [0.2, 0.25) is 0 Å². The molecule has 0 saturated carbocycles. The van der Waals surface area contributed by atoms with E-state index in [4.69, 9.17) is 9.84 Å². The van der Waals surface area contributed by atoms with Crippen molar-refractivity contribution < 1.29 is 14.6 Å². The Morgan fingerprint density at radius 2 is 2.25 bits per heavy atom. The maximum Gasteiger partial charge on any atom is 0.303 e. The van der Waals surface area contributed by atoms with Gasteiger partial charge in [0.1, 0.15) is 5.75 Å². The van der Waals surface area contributed by atoms with Crippen LogP contribution in [0.4, 0.5) is 0 Å². The first kappa shape index (κ1) is 12.3. The van der Waals surface area contributed by atoms with Gasteiger partial charge in [-0.1, -0.05) is 18.2 Å². The van der Waals surface area contributed by atoms with Gasteiger partial charge in [-0.15, -0.1) is 0 Å². The quantitative estimate of drug-likeness (QED) is 0.829. The number of ether oxygens (including phenoxy) is 1. The summed E-state index contributed by atoms with van der Waals surface area (Å²) >= 11 is 0. The monoisotopic (exact) mass is 220 g/mol.